The average molecular weight is 1360 g/mol. The highest BCUT2D eigenvalue weighted by Crippen LogP contribution is 2.35. The summed E-state index contributed by atoms with van der Waals surface area (Å²) in [4.78, 5) is 61.5. The van der Waals surface area contributed by atoms with Crippen LogP contribution in [0, 0.1) is 0 Å². The van der Waals surface area contributed by atoms with Crippen LogP contribution in [0.2, 0.25) is 0 Å². The van der Waals surface area contributed by atoms with Gasteiger partial charge in [0.05, 0.1) is 52.9 Å². The molecule has 8 bridgehead atoms. The van der Waals surface area contributed by atoms with Crippen molar-refractivity contribution in [1.82, 2.24) is 21.3 Å². The van der Waals surface area contributed by atoms with Crippen LogP contribution >= 0.6 is 0 Å². The first kappa shape index (κ1) is 69.6. The van der Waals surface area contributed by atoms with Crippen LogP contribution in [0.3, 0.4) is 0 Å². The zero-order chi connectivity index (χ0) is 68.2. The Morgan fingerprint density at radius 2 is 0.360 bits per heavy atom. The number of hydrogen-bond donors (Lipinski definition) is 4. The summed E-state index contributed by atoms with van der Waals surface area (Å²) in [7, 11) is 0. The Hall–Kier alpha value is -8.84. The third-order valence-electron chi connectivity index (χ3n) is 18.5. The van der Waals surface area contributed by atoms with E-state index in [1.165, 1.54) is 0 Å². The fourth-order valence-electron chi connectivity index (χ4n) is 13.3. The van der Waals surface area contributed by atoms with E-state index in [0.29, 0.717) is 0 Å². The number of benzene rings is 8. The topological polar surface area (TPSA) is 227 Å². The molecule has 0 spiro atoms. The highest BCUT2D eigenvalue weighted by Gasteiger charge is 2.56. The number of rotatable bonds is 24. The molecule has 20 heteroatoms. The summed E-state index contributed by atoms with van der Waals surface area (Å²) >= 11 is 0. The number of fused-ring (bicyclic) bond motifs is 8. The van der Waals surface area contributed by atoms with Crippen molar-refractivity contribution in [2.75, 3.05) is 26.2 Å². The van der Waals surface area contributed by atoms with Gasteiger partial charge in [-0.25, -0.2) is 0 Å². The van der Waals surface area contributed by atoms with Crippen molar-refractivity contribution in [3.63, 3.8) is 0 Å². The lowest BCUT2D eigenvalue weighted by Crippen LogP contribution is -2.49. The van der Waals surface area contributed by atoms with Gasteiger partial charge in [-0.1, -0.05) is 243 Å². The summed E-state index contributed by atoms with van der Waals surface area (Å²) in [5.41, 5.74) is 6.73. The maximum absolute atomic E-state index is 15.4. The van der Waals surface area contributed by atoms with Gasteiger partial charge in [-0.15, -0.1) is 0 Å². The fourth-order valence-corrected chi connectivity index (χ4v) is 13.3. The third-order valence-corrected chi connectivity index (χ3v) is 18.5. The first-order valence-corrected chi connectivity index (χ1v) is 34.2. The van der Waals surface area contributed by atoms with Crippen molar-refractivity contribution < 1.29 is 76.0 Å². The largest absolute Gasteiger partial charge is 0.368 e. The lowest BCUT2D eigenvalue weighted by atomic mass is 10.0. The van der Waals surface area contributed by atoms with Crippen molar-refractivity contribution in [3.8, 4) is 0 Å². The molecule has 4 amide bonds. The summed E-state index contributed by atoms with van der Waals surface area (Å²) in [6.45, 7) is -0.0332. The van der Waals surface area contributed by atoms with Crippen LogP contribution in [0.4, 0.5) is 0 Å². The molecule has 20 nitrogen and oxygen atoms in total. The minimum absolute atomic E-state index is 0.0772. The SMILES string of the molecule is O=C1NC[C@H]2O[C@H](C(=O)NC[C@H]3O[C@H](C(=O)NC[C@H]4O[C@H](C(=O)NC[C@H]5O[C@H]1[C@@H](OCc1ccccc1)[C@@H]5OCc1ccccc1)[C@@H](OCc1ccccc1)[C@@H]4OCc1ccccc1)[C@@H](OCc1ccccc1)[C@@H]3OCc1ccccc1)[C@@H](OCc1ccccc1)[C@@H]2OCc1ccccc1. The molecule has 5 fully saturated rings. The summed E-state index contributed by atoms with van der Waals surface area (Å²) in [5.74, 6) is -2.31. The molecule has 13 rings (SSSR count). The molecule has 5 heterocycles. The molecule has 520 valence electrons. The third kappa shape index (κ3) is 18.2. The van der Waals surface area contributed by atoms with E-state index in [-0.39, 0.29) is 79.0 Å². The Balaban J connectivity index is 0.871. The zero-order valence-corrected chi connectivity index (χ0v) is 55.3. The van der Waals surface area contributed by atoms with E-state index in [4.69, 9.17) is 56.8 Å². The average Bonchev–Trinajstić information content (AvgIpc) is 1.66. The second kappa shape index (κ2) is 35.0. The van der Waals surface area contributed by atoms with Gasteiger partial charge in [0.1, 0.15) is 73.2 Å². The van der Waals surface area contributed by atoms with E-state index in [9.17, 15) is 0 Å². The molecular formula is C80H84N4O16. The van der Waals surface area contributed by atoms with Crippen molar-refractivity contribution in [1.29, 1.82) is 0 Å². The minimum atomic E-state index is -1.33. The molecule has 8 aromatic rings. The van der Waals surface area contributed by atoms with Crippen LogP contribution < -0.4 is 21.3 Å². The summed E-state index contributed by atoms with van der Waals surface area (Å²) in [6, 6.07) is 76.5. The van der Waals surface area contributed by atoms with E-state index in [1.807, 2.05) is 243 Å². The maximum Gasteiger partial charge on any atom is 0.252 e. The summed E-state index contributed by atoms with van der Waals surface area (Å²) in [5, 5.41) is 12.4. The minimum Gasteiger partial charge on any atom is -0.368 e. The van der Waals surface area contributed by atoms with Crippen LogP contribution in [-0.2, 0) is 129 Å². The molecule has 0 aliphatic carbocycles. The Bertz CT molecular complexity index is 3320. The molecule has 5 aliphatic heterocycles. The first-order chi connectivity index (χ1) is 49.2. The van der Waals surface area contributed by atoms with Crippen molar-refractivity contribution in [2.45, 2.75) is 151 Å². The molecule has 0 radical (unpaired) electrons. The second-order valence-electron chi connectivity index (χ2n) is 25.5. The van der Waals surface area contributed by atoms with Gasteiger partial charge >= 0.3 is 0 Å². The highest BCUT2D eigenvalue weighted by atomic mass is 16.6. The Morgan fingerprint density at radius 3 is 0.510 bits per heavy atom. The van der Waals surface area contributed by atoms with Crippen molar-refractivity contribution in [3.05, 3.63) is 287 Å². The Morgan fingerprint density at radius 1 is 0.220 bits per heavy atom. The normalized spacial score (nSPS) is 27.9. The molecule has 0 unspecified atom stereocenters. The van der Waals surface area contributed by atoms with Gasteiger partial charge in [-0.05, 0) is 44.5 Å². The quantitative estimate of drug-likeness (QED) is 0.0447. The van der Waals surface area contributed by atoms with Gasteiger partial charge in [0.15, 0.2) is 24.4 Å². The monoisotopic (exact) mass is 1360 g/mol. The standard InChI is InChI=1S/C80H84N4O16/c85-77-73-69(93-49-57-33-17-5-18-34-57)65(89-45-53-25-9-1-10-26-53)61(97-73)41-81-78(86)74-70(94-50-58-35-19-6-20-36-58)67(91-47-55-29-13-3-14-30-55)63(98-74)43-83-80(88)76-72(96-52-60-39-23-8-24-40-60)68(92-48-56-31-15-4-16-32-56)64(100-76)44-84-79(87)75-71(95-51-59-37-21-7-22-38-59)66(62(99-75)42-82-77)90-46-54-27-11-2-12-28-54/h1-40,61-76H,41-52H2,(H,81,86)(H,82,85)(H,83,88)(H,84,87)/t61-,62-,63-,64-,65-,66-,67-,68-,69+,70+,71+,72+,73+,74+,75+,76+/m1/s1. The number of ether oxygens (including phenoxy) is 12. The smallest absolute Gasteiger partial charge is 0.252 e. The van der Waals surface area contributed by atoms with Crippen LogP contribution in [0.15, 0.2) is 243 Å². The van der Waals surface area contributed by atoms with E-state index in [1.54, 1.807) is 0 Å². The molecule has 100 heavy (non-hydrogen) atoms. The summed E-state index contributed by atoms with van der Waals surface area (Å²) in [6.07, 6.45) is -17.3. The molecule has 5 aliphatic rings. The highest BCUT2D eigenvalue weighted by molar-refractivity contribution is 5.84. The maximum atomic E-state index is 15.4. The number of carbonyl (C=O) groups is 4. The molecule has 16 atom stereocenters. The van der Waals surface area contributed by atoms with E-state index in [2.05, 4.69) is 21.3 Å². The zero-order valence-electron chi connectivity index (χ0n) is 55.3. The van der Waals surface area contributed by atoms with Crippen LogP contribution in [0.1, 0.15) is 44.5 Å². The van der Waals surface area contributed by atoms with Gasteiger partial charge < -0.3 is 78.1 Å². The molecule has 8 aromatic carbocycles. The first-order valence-electron chi connectivity index (χ1n) is 34.2. The fraction of sp³-hybridized carbons (Fsp3) is 0.350. The van der Waals surface area contributed by atoms with E-state index >= 15 is 19.2 Å². The molecule has 0 saturated carbocycles. The van der Waals surface area contributed by atoms with Gasteiger partial charge in [0, 0.05) is 26.2 Å². The lowest BCUT2D eigenvalue weighted by Gasteiger charge is -2.27. The lowest BCUT2D eigenvalue weighted by molar-refractivity contribution is -0.141. The number of hydrogen-bond acceptors (Lipinski definition) is 16. The summed E-state index contributed by atoms with van der Waals surface area (Å²) < 4.78 is 81.8. The molecule has 5 saturated heterocycles. The number of nitrogens with one attached hydrogen (secondary N) is 4. The van der Waals surface area contributed by atoms with Gasteiger partial charge in [0.25, 0.3) is 23.6 Å². The van der Waals surface area contributed by atoms with E-state index < -0.39 is 121 Å². The van der Waals surface area contributed by atoms with Crippen LogP contribution in [-0.4, -0.2) is 147 Å². The van der Waals surface area contributed by atoms with Gasteiger partial charge in [-0.3, -0.25) is 19.2 Å². The Labute approximate surface area is 582 Å². The second-order valence-corrected chi connectivity index (χ2v) is 25.5. The molecule has 4 N–H and O–H groups in total. The van der Waals surface area contributed by atoms with Crippen molar-refractivity contribution >= 4 is 23.6 Å². The van der Waals surface area contributed by atoms with Gasteiger partial charge in [0.2, 0.25) is 0 Å². The number of carbonyl (C=O) groups excluding carboxylic acids is 4. The van der Waals surface area contributed by atoms with Crippen LogP contribution in [0.5, 0.6) is 0 Å². The number of amides is 4. The van der Waals surface area contributed by atoms with Crippen LogP contribution in [0.25, 0.3) is 0 Å². The van der Waals surface area contributed by atoms with E-state index in [0.717, 1.165) is 44.5 Å². The molecule has 0 aromatic heterocycles. The Kier molecular flexibility index (Phi) is 24.4. The van der Waals surface area contributed by atoms with Gasteiger partial charge in [-0.2, -0.15) is 0 Å². The van der Waals surface area contributed by atoms with Crippen molar-refractivity contribution in [2.24, 2.45) is 0 Å². The predicted octanol–water partition coefficient (Wildman–Crippen LogP) is 8.22. The predicted molar refractivity (Wildman–Crippen MR) is 367 cm³/mol. The molecular weight excluding hydrogens is 1270 g/mol.